The number of aromatic nitrogens is 2. The summed E-state index contributed by atoms with van der Waals surface area (Å²) in [5.74, 6) is 1.29. The molecule has 8 nitrogen and oxygen atoms in total. The average molecular weight is 372 g/mol. The molecule has 1 aromatic carbocycles. The second-order valence-corrected chi connectivity index (χ2v) is 6.04. The van der Waals surface area contributed by atoms with E-state index in [1.807, 2.05) is 50.2 Å². The first kappa shape index (κ1) is 20.6. The van der Waals surface area contributed by atoms with Crippen LogP contribution < -0.4 is 20.4 Å². The molecule has 0 atom stereocenters. The smallest absolute Gasteiger partial charge is 0.320 e. The van der Waals surface area contributed by atoms with Crippen molar-refractivity contribution in [2.24, 2.45) is 5.10 Å². The fraction of sp³-hybridized carbons (Fsp3) is 0.421. The molecule has 0 radical (unpaired) electrons. The summed E-state index contributed by atoms with van der Waals surface area (Å²) in [5.41, 5.74) is 5.16. The van der Waals surface area contributed by atoms with Crippen molar-refractivity contribution in [3.63, 3.8) is 0 Å². The normalized spacial score (nSPS) is 11.0. The minimum Gasteiger partial charge on any atom is -0.462 e. The molecule has 0 amide bonds. The largest absolute Gasteiger partial charge is 0.462 e. The van der Waals surface area contributed by atoms with Gasteiger partial charge in [-0.25, -0.2) is 0 Å². The monoisotopic (exact) mass is 372 g/mol. The van der Waals surface area contributed by atoms with Gasteiger partial charge in [0.1, 0.15) is 12.4 Å². The van der Waals surface area contributed by atoms with Gasteiger partial charge in [-0.3, -0.25) is 5.43 Å². The molecule has 8 heteroatoms. The zero-order valence-electron chi connectivity index (χ0n) is 16.4. The number of rotatable bonds is 11. The summed E-state index contributed by atoms with van der Waals surface area (Å²) in [4.78, 5) is 10.8. The second kappa shape index (κ2) is 11.1. The van der Waals surface area contributed by atoms with Crippen LogP contribution >= 0.6 is 0 Å². The van der Waals surface area contributed by atoms with E-state index in [9.17, 15) is 0 Å². The van der Waals surface area contributed by atoms with Gasteiger partial charge in [-0.15, -0.1) is 0 Å². The predicted molar refractivity (Wildman–Crippen MR) is 109 cm³/mol. The molecule has 2 N–H and O–H groups in total. The zero-order chi connectivity index (χ0) is 19.5. The van der Waals surface area contributed by atoms with Gasteiger partial charge in [-0.05, 0) is 19.5 Å². The van der Waals surface area contributed by atoms with Crippen molar-refractivity contribution in [1.82, 2.24) is 15.3 Å². The highest BCUT2D eigenvalue weighted by molar-refractivity contribution is 5.80. The zero-order valence-corrected chi connectivity index (χ0v) is 16.4. The summed E-state index contributed by atoms with van der Waals surface area (Å²) < 4.78 is 10.8. The molecular formula is C19H28N6O2. The van der Waals surface area contributed by atoms with Crippen LogP contribution in [0.1, 0.15) is 11.1 Å². The van der Waals surface area contributed by atoms with Crippen LogP contribution in [0.15, 0.2) is 35.4 Å². The van der Waals surface area contributed by atoms with Crippen molar-refractivity contribution in [3.8, 4) is 6.01 Å². The quantitative estimate of drug-likeness (QED) is 0.354. The van der Waals surface area contributed by atoms with Gasteiger partial charge in [0.05, 0.1) is 12.8 Å². The lowest BCUT2D eigenvalue weighted by Crippen LogP contribution is -2.24. The summed E-state index contributed by atoms with van der Waals surface area (Å²) in [6.07, 6.45) is 1.75. The Morgan fingerprint density at radius 3 is 2.81 bits per heavy atom. The van der Waals surface area contributed by atoms with E-state index in [0.717, 1.165) is 11.4 Å². The van der Waals surface area contributed by atoms with Crippen molar-refractivity contribution < 1.29 is 9.47 Å². The number of aryl methyl sites for hydroxylation is 1. The predicted octanol–water partition coefficient (Wildman–Crippen LogP) is 1.91. The Balaban J connectivity index is 2.13. The number of methoxy groups -OCH3 is 1. The molecule has 0 saturated carbocycles. The van der Waals surface area contributed by atoms with E-state index in [2.05, 4.69) is 31.9 Å². The molecule has 2 rings (SSSR count). The molecular weight excluding hydrogens is 344 g/mol. The van der Waals surface area contributed by atoms with Gasteiger partial charge in [0.2, 0.25) is 0 Å². The van der Waals surface area contributed by atoms with E-state index in [4.69, 9.17) is 9.47 Å². The summed E-state index contributed by atoms with van der Waals surface area (Å²) in [5, 5.41) is 7.30. The number of hydrogen-bond acceptors (Lipinski definition) is 8. The highest BCUT2D eigenvalue weighted by Gasteiger charge is 2.09. The third kappa shape index (κ3) is 7.20. The van der Waals surface area contributed by atoms with Crippen LogP contribution in [0.25, 0.3) is 0 Å². The Labute approximate surface area is 160 Å². The number of ether oxygens (including phenoxy) is 2. The van der Waals surface area contributed by atoms with E-state index in [1.165, 1.54) is 5.56 Å². The Morgan fingerprint density at radius 2 is 2.07 bits per heavy atom. The van der Waals surface area contributed by atoms with Crippen LogP contribution in [-0.4, -0.2) is 63.7 Å². The maximum atomic E-state index is 5.63. The molecule has 146 valence electrons. The molecule has 27 heavy (non-hydrogen) atoms. The van der Waals surface area contributed by atoms with E-state index >= 15 is 0 Å². The third-order valence-electron chi connectivity index (χ3n) is 3.73. The van der Waals surface area contributed by atoms with E-state index in [-0.39, 0.29) is 0 Å². The lowest BCUT2D eigenvalue weighted by atomic mass is 10.2. The number of nitrogens with zero attached hydrogens (tertiary/aromatic N) is 4. The van der Waals surface area contributed by atoms with Gasteiger partial charge in [-0.2, -0.15) is 15.1 Å². The molecule has 0 bridgehead atoms. The van der Waals surface area contributed by atoms with E-state index < -0.39 is 0 Å². The molecule has 1 heterocycles. The van der Waals surface area contributed by atoms with Crippen LogP contribution in [0.5, 0.6) is 6.01 Å². The lowest BCUT2D eigenvalue weighted by Gasteiger charge is -2.18. The molecule has 0 spiro atoms. The molecule has 0 aliphatic heterocycles. The third-order valence-corrected chi connectivity index (χ3v) is 3.73. The van der Waals surface area contributed by atoms with Crippen molar-refractivity contribution in [3.05, 3.63) is 41.5 Å². The number of hydrogen-bond donors (Lipinski definition) is 2. The Bertz CT molecular complexity index is 738. The summed E-state index contributed by atoms with van der Waals surface area (Å²) in [6.45, 7) is 4.54. The first-order valence-electron chi connectivity index (χ1n) is 8.84. The molecule has 2 aromatic rings. The summed E-state index contributed by atoms with van der Waals surface area (Å²) in [7, 11) is 5.48. The fourth-order valence-electron chi connectivity index (χ4n) is 2.24. The summed E-state index contributed by atoms with van der Waals surface area (Å²) >= 11 is 0. The average Bonchev–Trinajstić information content (AvgIpc) is 2.66. The molecule has 0 fully saturated rings. The van der Waals surface area contributed by atoms with Gasteiger partial charge in [0, 0.05) is 33.3 Å². The highest BCUT2D eigenvalue weighted by atomic mass is 16.5. The minimum atomic E-state index is 0.306. The maximum absolute atomic E-state index is 5.63. The maximum Gasteiger partial charge on any atom is 0.320 e. The van der Waals surface area contributed by atoms with E-state index in [0.29, 0.717) is 38.1 Å². The van der Waals surface area contributed by atoms with E-state index in [1.54, 1.807) is 13.3 Å². The number of nitrogens with one attached hydrogen (secondary N) is 2. The van der Waals surface area contributed by atoms with Gasteiger partial charge in [0.15, 0.2) is 5.82 Å². The van der Waals surface area contributed by atoms with Crippen molar-refractivity contribution >= 4 is 17.9 Å². The number of likely N-dealkylation sites (N-methyl/N-ethyl adjacent to an activating group) is 2. The van der Waals surface area contributed by atoms with Crippen LogP contribution in [0, 0.1) is 6.92 Å². The van der Waals surface area contributed by atoms with Crippen LogP contribution in [0.2, 0.25) is 0 Å². The number of hydrazone groups is 1. The van der Waals surface area contributed by atoms with Gasteiger partial charge >= 0.3 is 6.01 Å². The Kier molecular flexibility index (Phi) is 8.47. The molecule has 0 unspecified atom stereocenters. The fourth-order valence-corrected chi connectivity index (χ4v) is 2.24. The molecule has 1 aromatic heterocycles. The van der Waals surface area contributed by atoms with Crippen LogP contribution in [0.3, 0.4) is 0 Å². The SMILES string of the molecule is CNCCOc1nc(N/N=C/c2cccc(C)c2)cc(N(C)CCOC)n1. The number of benzene rings is 1. The first-order valence-corrected chi connectivity index (χ1v) is 8.84. The number of anilines is 2. The topological polar surface area (TPSA) is 83.9 Å². The molecule has 0 aliphatic rings. The highest BCUT2D eigenvalue weighted by Crippen LogP contribution is 2.18. The molecule has 0 aliphatic carbocycles. The van der Waals surface area contributed by atoms with Gasteiger partial charge < -0.3 is 19.7 Å². The molecule has 0 saturated heterocycles. The van der Waals surface area contributed by atoms with Crippen molar-refractivity contribution in [2.75, 3.05) is 57.8 Å². The lowest BCUT2D eigenvalue weighted by molar-refractivity contribution is 0.206. The standard InChI is InChI=1S/C19H28N6O2/c1-15-6-5-7-16(12-15)14-21-24-17-13-18(25(3)9-11-26-4)23-19(22-17)27-10-8-20-2/h5-7,12-14,20H,8-11H2,1-4H3,(H,22,23,24)/b21-14+. The van der Waals surface area contributed by atoms with Crippen molar-refractivity contribution in [1.29, 1.82) is 0 Å². The van der Waals surface area contributed by atoms with Crippen LogP contribution in [0.4, 0.5) is 11.6 Å². The van der Waals surface area contributed by atoms with Crippen LogP contribution in [-0.2, 0) is 4.74 Å². The Hall–Kier alpha value is -2.71. The van der Waals surface area contributed by atoms with Gasteiger partial charge in [0.25, 0.3) is 0 Å². The van der Waals surface area contributed by atoms with Gasteiger partial charge in [-0.1, -0.05) is 29.8 Å². The minimum absolute atomic E-state index is 0.306. The summed E-state index contributed by atoms with van der Waals surface area (Å²) in [6, 6.07) is 10.2. The second-order valence-electron chi connectivity index (χ2n) is 6.04. The van der Waals surface area contributed by atoms with Crippen molar-refractivity contribution in [2.45, 2.75) is 6.92 Å². The first-order chi connectivity index (χ1) is 13.1. The Morgan fingerprint density at radius 1 is 1.22 bits per heavy atom.